The Morgan fingerprint density at radius 2 is 1.86 bits per heavy atom. The highest BCUT2D eigenvalue weighted by atomic mass is 35.6. The number of hydrogen-bond acceptors (Lipinski definition) is 4. The third kappa shape index (κ3) is 4.07. The molecule has 8 heteroatoms. The smallest absolute Gasteiger partial charge is 0.341 e. The monoisotopic (exact) mass is 383 g/mol. The topological polar surface area (TPSA) is 55.4 Å². The molecule has 0 saturated heterocycles. The van der Waals surface area contributed by atoms with Gasteiger partial charge in [0.05, 0.1) is 11.7 Å². The van der Waals surface area contributed by atoms with E-state index in [0.717, 1.165) is 36.1 Å². The molecule has 0 aliphatic heterocycles. The molecule has 122 valence electrons. The standard InChI is InChI=1S/C14H16Cl3NO3S/c1-7(2)21-12(19)10-8-5-3-4-6-9(8)22-11(10)18-13(20)14(15,16)17/h7H,3-6H2,1-2H3,(H,18,20). The van der Waals surface area contributed by atoms with Gasteiger partial charge >= 0.3 is 5.97 Å². The Morgan fingerprint density at radius 3 is 2.45 bits per heavy atom. The molecule has 0 aromatic carbocycles. The molecule has 1 N–H and O–H groups in total. The van der Waals surface area contributed by atoms with Crippen LogP contribution in [0.4, 0.5) is 5.00 Å². The van der Waals surface area contributed by atoms with E-state index in [1.54, 1.807) is 13.8 Å². The molecule has 1 amide bonds. The van der Waals surface area contributed by atoms with Gasteiger partial charge in [0.25, 0.3) is 9.70 Å². The number of ether oxygens (including phenoxy) is 1. The van der Waals surface area contributed by atoms with Crippen LogP contribution in [0.1, 0.15) is 47.5 Å². The minimum Gasteiger partial charge on any atom is -0.459 e. The number of fused-ring (bicyclic) bond motifs is 1. The van der Waals surface area contributed by atoms with Gasteiger partial charge in [-0.1, -0.05) is 34.8 Å². The predicted octanol–water partition coefficient (Wildman–Crippen LogP) is 4.50. The second-order valence-corrected chi connectivity index (χ2v) is 8.71. The number of halogens is 3. The molecule has 22 heavy (non-hydrogen) atoms. The molecule has 0 spiro atoms. The Morgan fingerprint density at radius 1 is 1.23 bits per heavy atom. The molecule has 1 aliphatic rings. The SMILES string of the molecule is CC(C)OC(=O)c1c(NC(=O)C(Cl)(Cl)Cl)sc2c1CCCC2. The first-order valence-corrected chi connectivity index (χ1v) is 8.89. The number of thiophene rings is 1. The van der Waals surface area contributed by atoms with Crippen molar-refractivity contribution < 1.29 is 14.3 Å². The van der Waals surface area contributed by atoms with Crippen molar-refractivity contribution in [2.75, 3.05) is 5.32 Å². The summed E-state index contributed by atoms with van der Waals surface area (Å²) in [7, 11) is 0. The summed E-state index contributed by atoms with van der Waals surface area (Å²) in [5, 5.41) is 2.94. The van der Waals surface area contributed by atoms with Crippen molar-refractivity contribution >= 4 is 63.0 Å². The molecule has 0 unspecified atom stereocenters. The molecule has 0 radical (unpaired) electrons. The van der Waals surface area contributed by atoms with Gasteiger partial charge in [0, 0.05) is 4.88 Å². The number of anilines is 1. The van der Waals surface area contributed by atoms with Crippen molar-refractivity contribution in [2.24, 2.45) is 0 Å². The highest BCUT2D eigenvalue weighted by Gasteiger charge is 2.34. The molecule has 0 fully saturated rings. The van der Waals surface area contributed by atoms with E-state index < -0.39 is 15.7 Å². The van der Waals surface area contributed by atoms with E-state index in [1.807, 2.05) is 0 Å². The van der Waals surface area contributed by atoms with Crippen LogP contribution in [0.2, 0.25) is 0 Å². The van der Waals surface area contributed by atoms with Gasteiger partial charge in [-0.05, 0) is 45.1 Å². The average Bonchev–Trinajstić information content (AvgIpc) is 2.74. The highest BCUT2D eigenvalue weighted by Crippen LogP contribution is 2.40. The van der Waals surface area contributed by atoms with E-state index in [0.29, 0.717) is 10.6 Å². The van der Waals surface area contributed by atoms with Crippen molar-refractivity contribution in [3.8, 4) is 0 Å². The lowest BCUT2D eigenvalue weighted by atomic mass is 9.95. The summed E-state index contributed by atoms with van der Waals surface area (Å²) in [5.74, 6) is -1.23. The second-order valence-electron chi connectivity index (χ2n) is 5.32. The summed E-state index contributed by atoms with van der Waals surface area (Å²) >= 11 is 18.1. The zero-order valence-electron chi connectivity index (χ0n) is 12.2. The van der Waals surface area contributed by atoms with Gasteiger partial charge in [-0.15, -0.1) is 11.3 Å². The van der Waals surface area contributed by atoms with Crippen LogP contribution in [0.15, 0.2) is 0 Å². The van der Waals surface area contributed by atoms with E-state index in [4.69, 9.17) is 39.5 Å². The molecule has 1 aliphatic carbocycles. The maximum atomic E-state index is 12.4. The van der Waals surface area contributed by atoms with E-state index in [9.17, 15) is 9.59 Å². The molecule has 1 heterocycles. The van der Waals surface area contributed by atoms with Gasteiger partial charge < -0.3 is 10.1 Å². The minimum atomic E-state index is -2.08. The van der Waals surface area contributed by atoms with Crippen LogP contribution in [-0.2, 0) is 22.4 Å². The van der Waals surface area contributed by atoms with Crippen LogP contribution in [0.5, 0.6) is 0 Å². The van der Waals surface area contributed by atoms with Crippen molar-refractivity contribution in [3.05, 3.63) is 16.0 Å². The van der Waals surface area contributed by atoms with E-state index in [2.05, 4.69) is 5.32 Å². The Kier molecular flexibility index (Phi) is 5.64. The molecule has 2 rings (SSSR count). The third-order valence-corrected chi connectivity index (χ3v) is 4.92. The summed E-state index contributed by atoms with van der Waals surface area (Å²) < 4.78 is 3.21. The highest BCUT2D eigenvalue weighted by molar-refractivity contribution is 7.17. The number of carbonyl (C=O) groups excluding carboxylic acids is 2. The largest absolute Gasteiger partial charge is 0.459 e. The summed E-state index contributed by atoms with van der Waals surface area (Å²) in [6.45, 7) is 3.55. The molecule has 1 aromatic rings. The first-order chi connectivity index (χ1) is 10.2. The lowest BCUT2D eigenvalue weighted by Crippen LogP contribution is -2.27. The molecular formula is C14H16Cl3NO3S. The van der Waals surface area contributed by atoms with Crippen LogP contribution < -0.4 is 5.32 Å². The number of hydrogen-bond donors (Lipinski definition) is 1. The number of rotatable bonds is 3. The fourth-order valence-electron chi connectivity index (χ4n) is 2.32. The lowest BCUT2D eigenvalue weighted by molar-refractivity contribution is -0.115. The van der Waals surface area contributed by atoms with E-state index >= 15 is 0 Å². The quantitative estimate of drug-likeness (QED) is 0.616. The molecule has 0 bridgehead atoms. The zero-order valence-corrected chi connectivity index (χ0v) is 15.3. The molecular weight excluding hydrogens is 369 g/mol. The minimum absolute atomic E-state index is 0.247. The number of carbonyl (C=O) groups is 2. The molecule has 1 aromatic heterocycles. The van der Waals surface area contributed by atoms with Crippen LogP contribution in [0.3, 0.4) is 0 Å². The van der Waals surface area contributed by atoms with Gasteiger partial charge in [0.2, 0.25) is 0 Å². The number of nitrogens with one attached hydrogen (secondary N) is 1. The van der Waals surface area contributed by atoms with Gasteiger partial charge in [0.15, 0.2) is 0 Å². The van der Waals surface area contributed by atoms with E-state index in [-0.39, 0.29) is 6.10 Å². The number of esters is 1. The van der Waals surface area contributed by atoms with Crippen LogP contribution in [0, 0.1) is 0 Å². The van der Waals surface area contributed by atoms with Gasteiger partial charge in [-0.25, -0.2) is 4.79 Å². The first-order valence-electron chi connectivity index (χ1n) is 6.94. The van der Waals surface area contributed by atoms with Crippen molar-refractivity contribution in [1.29, 1.82) is 0 Å². The normalized spacial score (nSPS) is 14.6. The molecule has 0 saturated carbocycles. The Labute approximate surface area is 148 Å². The fourth-order valence-corrected chi connectivity index (χ4v) is 3.73. The van der Waals surface area contributed by atoms with Crippen molar-refractivity contribution in [3.63, 3.8) is 0 Å². The summed E-state index contributed by atoms with van der Waals surface area (Å²) in [4.78, 5) is 25.4. The van der Waals surface area contributed by atoms with Crippen LogP contribution >= 0.6 is 46.1 Å². The first kappa shape index (κ1) is 17.9. The van der Waals surface area contributed by atoms with Crippen LogP contribution in [-0.4, -0.2) is 21.8 Å². The van der Waals surface area contributed by atoms with Gasteiger partial charge in [0.1, 0.15) is 5.00 Å². The zero-order chi connectivity index (χ0) is 16.5. The van der Waals surface area contributed by atoms with Gasteiger partial charge in [-0.2, -0.15) is 0 Å². The van der Waals surface area contributed by atoms with E-state index in [1.165, 1.54) is 11.3 Å². The number of amides is 1. The maximum absolute atomic E-state index is 12.4. The van der Waals surface area contributed by atoms with Crippen molar-refractivity contribution in [1.82, 2.24) is 0 Å². The van der Waals surface area contributed by atoms with Crippen LogP contribution in [0.25, 0.3) is 0 Å². The number of alkyl halides is 3. The average molecular weight is 385 g/mol. The lowest BCUT2D eigenvalue weighted by Gasteiger charge is -2.15. The number of aryl methyl sites for hydroxylation is 1. The summed E-state index contributed by atoms with van der Waals surface area (Å²) in [6, 6.07) is 0. The second kappa shape index (κ2) is 6.95. The molecule has 4 nitrogen and oxygen atoms in total. The maximum Gasteiger partial charge on any atom is 0.341 e. The Bertz CT molecular complexity index is 593. The fraction of sp³-hybridized carbons (Fsp3) is 0.571. The van der Waals surface area contributed by atoms with Gasteiger partial charge in [-0.3, -0.25) is 4.79 Å². The summed E-state index contributed by atoms with van der Waals surface area (Å²) in [6.07, 6.45) is 3.49. The predicted molar refractivity (Wildman–Crippen MR) is 90.4 cm³/mol. The Balaban J connectivity index is 2.38. The third-order valence-electron chi connectivity index (χ3n) is 3.20. The molecule has 0 atom stereocenters. The Hall–Kier alpha value is -0.490. The van der Waals surface area contributed by atoms with Crippen molar-refractivity contribution in [2.45, 2.75) is 49.4 Å². The summed E-state index contributed by atoms with van der Waals surface area (Å²) in [5.41, 5.74) is 1.34.